The lowest BCUT2D eigenvalue weighted by Gasteiger charge is -2.10. The van der Waals surface area contributed by atoms with Crippen LogP contribution in [-0.2, 0) is 6.61 Å². The Kier molecular flexibility index (Phi) is 6.21. The molecule has 4 rings (SSSR count). The van der Waals surface area contributed by atoms with E-state index in [-0.39, 0.29) is 23.6 Å². The van der Waals surface area contributed by atoms with Crippen LogP contribution in [-0.4, -0.2) is 16.0 Å². The van der Waals surface area contributed by atoms with E-state index in [1.165, 1.54) is 0 Å². The number of amides is 1. The molecule has 162 valence electrons. The highest BCUT2D eigenvalue weighted by atomic mass is 79.9. The largest absolute Gasteiger partial charge is 0.436 e. The summed E-state index contributed by atoms with van der Waals surface area (Å²) in [7, 11) is 0. The number of carbonyl (C=O) groups is 1. The number of aromatic nitrogens is 1. The molecule has 32 heavy (non-hydrogen) atoms. The molecule has 7 heteroatoms. The van der Waals surface area contributed by atoms with E-state index in [0.717, 1.165) is 15.6 Å². The van der Waals surface area contributed by atoms with Gasteiger partial charge in [0.25, 0.3) is 5.91 Å². The third-order valence-corrected chi connectivity index (χ3v) is 5.82. The lowest BCUT2D eigenvalue weighted by molar-refractivity contribution is 0.102. The van der Waals surface area contributed by atoms with Gasteiger partial charge in [-0.1, -0.05) is 22.0 Å². The van der Waals surface area contributed by atoms with Gasteiger partial charge in [-0.25, -0.2) is 4.99 Å². The Labute approximate surface area is 193 Å². The molecule has 0 fully saturated rings. The van der Waals surface area contributed by atoms with E-state index in [0.29, 0.717) is 33.6 Å². The molecule has 2 heterocycles. The third kappa shape index (κ3) is 4.49. The Hall–Kier alpha value is -3.29. The predicted octanol–water partition coefficient (Wildman–Crippen LogP) is 5.49. The molecule has 2 aromatic heterocycles. The van der Waals surface area contributed by atoms with Crippen LogP contribution in [0.25, 0.3) is 11.0 Å². The van der Waals surface area contributed by atoms with Crippen molar-refractivity contribution in [3.05, 3.63) is 92.7 Å². The van der Waals surface area contributed by atoms with E-state index in [2.05, 4.69) is 31.2 Å². The first-order valence-electron chi connectivity index (χ1n) is 10.1. The van der Waals surface area contributed by atoms with Crippen LogP contribution in [0.2, 0.25) is 0 Å². The van der Waals surface area contributed by atoms with Crippen LogP contribution in [0.3, 0.4) is 0 Å². The Morgan fingerprint density at radius 1 is 1.09 bits per heavy atom. The van der Waals surface area contributed by atoms with Crippen molar-refractivity contribution in [2.45, 2.75) is 27.4 Å². The normalized spacial score (nSPS) is 11.7. The van der Waals surface area contributed by atoms with Crippen LogP contribution in [0.4, 0.5) is 11.4 Å². The molecule has 0 aliphatic rings. The quantitative estimate of drug-likeness (QED) is 0.394. The molecular formula is C25H22BrN3O3. The Morgan fingerprint density at radius 3 is 2.53 bits per heavy atom. The second-order valence-electron chi connectivity index (χ2n) is 7.58. The maximum absolute atomic E-state index is 13.2. The van der Waals surface area contributed by atoms with Crippen LogP contribution in [0, 0.1) is 20.8 Å². The van der Waals surface area contributed by atoms with Gasteiger partial charge in [-0.2, -0.15) is 0 Å². The van der Waals surface area contributed by atoms with Crippen molar-refractivity contribution >= 4 is 44.2 Å². The Balaban J connectivity index is 1.92. The first-order chi connectivity index (χ1) is 15.4. The van der Waals surface area contributed by atoms with Gasteiger partial charge in [-0.3, -0.25) is 9.78 Å². The molecule has 0 spiro atoms. The zero-order chi connectivity index (χ0) is 22.8. The van der Waals surface area contributed by atoms with Gasteiger partial charge in [-0.15, -0.1) is 0 Å². The number of halogens is 1. The highest BCUT2D eigenvalue weighted by Crippen LogP contribution is 2.23. The van der Waals surface area contributed by atoms with Gasteiger partial charge in [0, 0.05) is 27.3 Å². The first kappa shape index (κ1) is 21.9. The van der Waals surface area contributed by atoms with E-state index in [1.54, 1.807) is 24.4 Å². The number of rotatable bonds is 4. The average molecular weight is 492 g/mol. The number of aryl methyl sites for hydroxylation is 3. The maximum atomic E-state index is 13.2. The number of carbonyl (C=O) groups excluding carboxylic acids is 1. The van der Waals surface area contributed by atoms with Crippen LogP contribution >= 0.6 is 15.9 Å². The fourth-order valence-corrected chi connectivity index (χ4v) is 3.57. The van der Waals surface area contributed by atoms with Gasteiger partial charge in [0.1, 0.15) is 5.56 Å². The van der Waals surface area contributed by atoms with E-state index in [1.807, 2.05) is 51.1 Å². The summed E-state index contributed by atoms with van der Waals surface area (Å²) in [5.41, 5.74) is 5.71. The number of nitrogens with zero attached hydrogens (tertiary/aromatic N) is 2. The van der Waals surface area contributed by atoms with Gasteiger partial charge >= 0.3 is 0 Å². The summed E-state index contributed by atoms with van der Waals surface area (Å²) in [6.45, 7) is 5.63. The molecular weight excluding hydrogens is 470 g/mol. The summed E-state index contributed by atoms with van der Waals surface area (Å²) >= 11 is 3.39. The fourth-order valence-electron chi connectivity index (χ4n) is 3.30. The number of hydrogen-bond donors (Lipinski definition) is 2. The van der Waals surface area contributed by atoms with E-state index < -0.39 is 0 Å². The van der Waals surface area contributed by atoms with Crippen LogP contribution in [0.1, 0.15) is 32.7 Å². The van der Waals surface area contributed by atoms with Crippen LogP contribution < -0.4 is 10.9 Å². The van der Waals surface area contributed by atoms with Crippen molar-refractivity contribution in [2.75, 3.05) is 5.32 Å². The molecule has 0 saturated carbocycles. The molecule has 0 atom stereocenters. The van der Waals surface area contributed by atoms with Crippen LogP contribution in [0.5, 0.6) is 0 Å². The molecule has 0 unspecified atom stereocenters. The van der Waals surface area contributed by atoms with Gasteiger partial charge < -0.3 is 14.8 Å². The summed E-state index contributed by atoms with van der Waals surface area (Å²) in [5.74, 6) is -0.362. The summed E-state index contributed by atoms with van der Waals surface area (Å²) in [5, 5.41) is 13.3. The molecule has 0 radical (unpaired) electrons. The minimum absolute atomic E-state index is 0.176. The highest BCUT2D eigenvalue weighted by molar-refractivity contribution is 9.10. The van der Waals surface area contributed by atoms with Crippen molar-refractivity contribution in [2.24, 2.45) is 4.99 Å². The van der Waals surface area contributed by atoms with Crippen molar-refractivity contribution < 1.29 is 14.3 Å². The minimum atomic E-state index is -0.362. The van der Waals surface area contributed by atoms with Crippen molar-refractivity contribution in [1.29, 1.82) is 0 Å². The predicted molar refractivity (Wildman–Crippen MR) is 128 cm³/mol. The van der Waals surface area contributed by atoms with Gasteiger partial charge in [0.05, 0.1) is 18.0 Å². The number of aliphatic hydroxyl groups is 1. The SMILES string of the molecule is Cc1ccc(N=c2oc3c(C)ncc(CO)c3cc2C(=O)Nc2ccc(Br)cc2)cc1C. The topological polar surface area (TPSA) is 87.7 Å². The Bertz CT molecular complexity index is 1390. The highest BCUT2D eigenvalue weighted by Gasteiger charge is 2.16. The summed E-state index contributed by atoms with van der Waals surface area (Å²) in [6, 6.07) is 14.8. The van der Waals surface area contributed by atoms with Crippen LogP contribution in [0.15, 0.2) is 68.6 Å². The van der Waals surface area contributed by atoms with Crippen molar-refractivity contribution in [3.63, 3.8) is 0 Å². The van der Waals surface area contributed by atoms with Gasteiger partial charge in [-0.05, 0) is 74.4 Å². The van der Waals surface area contributed by atoms with Crippen molar-refractivity contribution in [3.8, 4) is 0 Å². The van der Waals surface area contributed by atoms with E-state index >= 15 is 0 Å². The number of fused-ring (bicyclic) bond motifs is 1. The van der Waals surface area contributed by atoms with Gasteiger partial charge in [0.2, 0.25) is 5.55 Å². The minimum Gasteiger partial charge on any atom is -0.436 e. The van der Waals surface area contributed by atoms with Gasteiger partial charge in [0.15, 0.2) is 5.58 Å². The molecule has 4 aromatic rings. The third-order valence-electron chi connectivity index (χ3n) is 5.29. The summed E-state index contributed by atoms with van der Waals surface area (Å²) in [4.78, 5) is 22.2. The number of aliphatic hydroxyl groups excluding tert-OH is 1. The second-order valence-corrected chi connectivity index (χ2v) is 8.49. The number of nitrogens with one attached hydrogen (secondary N) is 1. The van der Waals surface area contributed by atoms with E-state index in [4.69, 9.17) is 4.42 Å². The molecule has 2 aromatic carbocycles. The standard InChI is InChI=1S/C25H22BrN3O3/c1-14-4-7-20(10-15(14)2)29-25-22(24(31)28-19-8-5-18(26)6-9-19)11-21-17(13-30)12-27-16(3)23(21)32-25/h4-12,30H,13H2,1-3H3,(H,28,31). The fraction of sp³-hybridized carbons (Fsp3) is 0.160. The molecule has 0 saturated heterocycles. The Morgan fingerprint density at radius 2 is 1.84 bits per heavy atom. The summed E-state index contributed by atoms with van der Waals surface area (Å²) in [6.07, 6.45) is 1.59. The monoisotopic (exact) mass is 491 g/mol. The number of pyridine rings is 1. The maximum Gasteiger partial charge on any atom is 0.261 e. The molecule has 2 N–H and O–H groups in total. The molecule has 1 amide bonds. The summed E-state index contributed by atoms with van der Waals surface area (Å²) < 4.78 is 7.02. The lowest BCUT2D eigenvalue weighted by atomic mass is 10.1. The molecule has 0 bridgehead atoms. The zero-order valence-corrected chi connectivity index (χ0v) is 19.5. The lowest BCUT2D eigenvalue weighted by Crippen LogP contribution is -2.22. The van der Waals surface area contributed by atoms with E-state index in [9.17, 15) is 9.90 Å². The molecule has 0 aliphatic carbocycles. The molecule has 0 aliphatic heterocycles. The number of anilines is 1. The smallest absolute Gasteiger partial charge is 0.261 e. The molecule has 6 nitrogen and oxygen atoms in total. The average Bonchev–Trinajstić information content (AvgIpc) is 2.78. The zero-order valence-electron chi connectivity index (χ0n) is 17.9. The number of benzene rings is 2. The number of hydrogen-bond acceptors (Lipinski definition) is 5. The van der Waals surface area contributed by atoms with Crippen molar-refractivity contribution in [1.82, 2.24) is 4.98 Å². The first-order valence-corrected chi connectivity index (χ1v) is 10.9. The second kappa shape index (κ2) is 9.06.